The lowest BCUT2D eigenvalue weighted by Gasteiger charge is -2.19. The molecule has 2 unspecified atom stereocenters. The number of halogens is 1. The molecule has 5 rings (SSSR count). The van der Waals surface area contributed by atoms with Crippen LogP contribution in [-0.2, 0) is 16.1 Å². The molecule has 2 aliphatic heterocycles. The Balaban J connectivity index is 1.35. The van der Waals surface area contributed by atoms with Gasteiger partial charge in [-0.25, -0.2) is 4.90 Å². The largest absolute Gasteiger partial charge is 0.497 e. The van der Waals surface area contributed by atoms with Crippen LogP contribution >= 0.6 is 15.9 Å². The molecule has 2 atom stereocenters. The van der Waals surface area contributed by atoms with Crippen LogP contribution in [0.3, 0.4) is 0 Å². The molecule has 0 spiro atoms. The van der Waals surface area contributed by atoms with Crippen LogP contribution in [0.4, 0.5) is 5.69 Å². The fourth-order valence-corrected chi connectivity index (χ4v) is 3.94. The van der Waals surface area contributed by atoms with Gasteiger partial charge in [0.05, 0.1) is 12.8 Å². The van der Waals surface area contributed by atoms with Crippen LogP contribution in [0, 0.1) is 0 Å². The number of carbonyl (C=O) groups is 2. The van der Waals surface area contributed by atoms with Crippen LogP contribution in [-0.4, -0.2) is 46.2 Å². The Morgan fingerprint density at radius 1 is 1.13 bits per heavy atom. The predicted molar refractivity (Wildman–Crippen MR) is 111 cm³/mol. The Labute approximate surface area is 184 Å². The van der Waals surface area contributed by atoms with E-state index in [9.17, 15) is 9.59 Å². The molecule has 31 heavy (non-hydrogen) atoms. The average molecular weight is 483 g/mol. The second kappa shape index (κ2) is 7.58. The Morgan fingerprint density at radius 2 is 1.94 bits per heavy atom. The molecule has 0 bridgehead atoms. The van der Waals surface area contributed by atoms with Crippen LogP contribution in [0.25, 0.3) is 11.4 Å². The summed E-state index contributed by atoms with van der Waals surface area (Å²) in [5, 5.41) is 13.4. The van der Waals surface area contributed by atoms with Crippen molar-refractivity contribution in [2.75, 3.05) is 12.0 Å². The Kier molecular flexibility index (Phi) is 4.74. The maximum Gasteiger partial charge on any atom is 0.263 e. The lowest BCUT2D eigenvalue weighted by molar-refractivity contribution is -0.123. The van der Waals surface area contributed by atoms with Crippen LogP contribution in [0.2, 0.25) is 0 Å². The van der Waals surface area contributed by atoms with E-state index in [1.165, 1.54) is 5.01 Å². The number of nitrogens with zero attached hydrogens (tertiary/aromatic N) is 6. The zero-order chi connectivity index (χ0) is 21.5. The molecule has 1 aromatic heterocycles. The Hall–Kier alpha value is -3.60. The second-order valence-corrected chi connectivity index (χ2v) is 7.84. The van der Waals surface area contributed by atoms with Gasteiger partial charge in [0.25, 0.3) is 11.8 Å². The second-order valence-electron chi connectivity index (χ2n) is 6.92. The van der Waals surface area contributed by atoms with Crippen molar-refractivity contribution in [3.8, 4) is 17.1 Å². The third-order valence-corrected chi connectivity index (χ3v) is 5.53. The molecular weight excluding hydrogens is 468 g/mol. The van der Waals surface area contributed by atoms with E-state index < -0.39 is 23.9 Å². The van der Waals surface area contributed by atoms with Crippen molar-refractivity contribution < 1.29 is 18.8 Å². The molecule has 1 fully saturated rings. The summed E-state index contributed by atoms with van der Waals surface area (Å²) in [7, 11) is 1.55. The number of benzene rings is 2. The van der Waals surface area contributed by atoms with Crippen LogP contribution in [0.15, 0.2) is 67.9 Å². The Morgan fingerprint density at radius 3 is 2.68 bits per heavy atom. The highest BCUT2D eigenvalue weighted by Crippen LogP contribution is 2.33. The van der Waals surface area contributed by atoms with Gasteiger partial charge in [-0.15, -0.1) is 0 Å². The normalized spacial score (nSPS) is 19.9. The first-order valence-electron chi connectivity index (χ1n) is 9.33. The van der Waals surface area contributed by atoms with Gasteiger partial charge in [-0.05, 0) is 36.4 Å². The highest BCUT2D eigenvalue weighted by Gasteiger charge is 2.55. The maximum absolute atomic E-state index is 13.1. The number of carbonyl (C=O) groups excluding carboxylic acids is 2. The van der Waals surface area contributed by atoms with Gasteiger partial charge in [-0.2, -0.15) is 10.1 Å². The minimum absolute atomic E-state index is 0.0567. The third-order valence-electron chi connectivity index (χ3n) is 5.04. The highest BCUT2D eigenvalue weighted by atomic mass is 79.9. The molecule has 10 nitrogen and oxygen atoms in total. The lowest BCUT2D eigenvalue weighted by atomic mass is 10.1. The fraction of sp³-hybridized carbons (Fsp3) is 0.200. The van der Waals surface area contributed by atoms with Crippen LogP contribution < -0.4 is 9.64 Å². The first-order valence-corrected chi connectivity index (χ1v) is 10.1. The summed E-state index contributed by atoms with van der Waals surface area (Å²) in [6, 6.07) is 12.4. The van der Waals surface area contributed by atoms with Gasteiger partial charge in [0.1, 0.15) is 12.3 Å². The van der Waals surface area contributed by atoms with Gasteiger partial charge in [0.2, 0.25) is 11.7 Å². The summed E-state index contributed by atoms with van der Waals surface area (Å²) in [5.74, 6) is 0.473. The van der Waals surface area contributed by atoms with Crippen molar-refractivity contribution in [1.29, 1.82) is 0 Å². The Bertz CT molecular complexity index is 1190. The molecule has 2 amide bonds. The van der Waals surface area contributed by atoms with E-state index in [1.807, 2.05) is 24.3 Å². The molecule has 0 radical (unpaired) electrons. The molecular formula is C20H15BrN6O4. The zero-order valence-corrected chi connectivity index (χ0v) is 17.8. The standard InChI is InChI=1S/C20H15BrN6O4/c1-30-14-7-5-13(6-8-14)27-19(28)16-17(20(27)29)26(25-23-16)10-15-22-18(24-31-15)11-3-2-4-12(21)9-11/h2-9,16-17H,10H2,1H3. The topological polar surface area (TPSA) is 113 Å². The lowest BCUT2D eigenvalue weighted by Crippen LogP contribution is -2.39. The molecule has 11 heteroatoms. The van der Waals surface area contributed by atoms with Gasteiger partial charge in [0, 0.05) is 10.0 Å². The molecule has 156 valence electrons. The average Bonchev–Trinajstić information content (AvgIpc) is 3.47. The molecule has 2 aliphatic rings. The first kappa shape index (κ1) is 19.4. The number of methoxy groups -OCH3 is 1. The number of ether oxygens (including phenoxy) is 1. The van der Waals surface area contributed by atoms with E-state index in [2.05, 4.69) is 36.4 Å². The van der Waals surface area contributed by atoms with Crippen LogP contribution in [0.1, 0.15) is 5.89 Å². The summed E-state index contributed by atoms with van der Waals surface area (Å²) in [4.78, 5) is 31.4. The van der Waals surface area contributed by atoms with E-state index in [4.69, 9.17) is 9.26 Å². The minimum Gasteiger partial charge on any atom is -0.497 e. The number of rotatable bonds is 5. The molecule has 0 saturated carbocycles. The van der Waals surface area contributed by atoms with Gasteiger partial charge >= 0.3 is 0 Å². The molecule has 0 aliphatic carbocycles. The van der Waals surface area contributed by atoms with Crippen molar-refractivity contribution in [3.63, 3.8) is 0 Å². The van der Waals surface area contributed by atoms with Crippen molar-refractivity contribution in [2.45, 2.75) is 18.6 Å². The van der Waals surface area contributed by atoms with Crippen molar-refractivity contribution in [2.24, 2.45) is 10.3 Å². The van der Waals surface area contributed by atoms with Crippen molar-refractivity contribution >= 4 is 33.4 Å². The van der Waals surface area contributed by atoms with Crippen LogP contribution in [0.5, 0.6) is 5.75 Å². The number of aromatic nitrogens is 2. The number of imide groups is 1. The summed E-state index contributed by atoms with van der Waals surface area (Å²) in [6.45, 7) is 0.0567. The SMILES string of the molecule is COc1ccc(N2C(=O)C3N=NN(Cc4nc(-c5cccc(Br)c5)no4)C3C2=O)cc1. The molecule has 0 N–H and O–H groups in total. The van der Waals surface area contributed by atoms with Crippen molar-refractivity contribution in [1.82, 2.24) is 15.1 Å². The summed E-state index contributed by atoms with van der Waals surface area (Å²) in [5.41, 5.74) is 1.23. The van der Waals surface area contributed by atoms with Crippen molar-refractivity contribution in [3.05, 3.63) is 58.9 Å². The molecule has 3 heterocycles. The monoisotopic (exact) mass is 482 g/mol. The molecule has 2 aromatic carbocycles. The quantitative estimate of drug-likeness (QED) is 0.513. The van der Waals surface area contributed by atoms with Gasteiger partial charge in [0.15, 0.2) is 12.1 Å². The minimum atomic E-state index is -0.901. The number of fused-ring (bicyclic) bond motifs is 1. The molecule has 1 saturated heterocycles. The van der Waals surface area contributed by atoms with E-state index in [0.29, 0.717) is 17.3 Å². The van der Waals surface area contributed by atoms with Gasteiger partial charge in [-0.3, -0.25) is 14.6 Å². The van der Waals surface area contributed by atoms with Gasteiger partial charge in [-0.1, -0.05) is 38.4 Å². The first-order chi connectivity index (χ1) is 15.0. The van der Waals surface area contributed by atoms with E-state index in [1.54, 1.807) is 31.4 Å². The van der Waals surface area contributed by atoms with E-state index >= 15 is 0 Å². The number of anilines is 1. The molecule has 3 aromatic rings. The predicted octanol–water partition coefficient (Wildman–Crippen LogP) is 3.00. The highest BCUT2D eigenvalue weighted by molar-refractivity contribution is 9.10. The fourth-order valence-electron chi connectivity index (χ4n) is 3.54. The summed E-state index contributed by atoms with van der Waals surface area (Å²) >= 11 is 3.41. The number of hydrogen-bond donors (Lipinski definition) is 0. The van der Waals surface area contributed by atoms with E-state index in [-0.39, 0.29) is 12.4 Å². The number of hydrogen-bond acceptors (Lipinski definition) is 9. The summed E-state index contributed by atoms with van der Waals surface area (Å²) in [6.07, 6.45) is 0. The zero-order valence-electron chi connectivity index (χ0n) is 16.2. The van der Waals surface area contributed by atoms with E-state index in [0.717, 1.165) is 14.9 Å². The van der Waals surface area contributed by atoms with Gasteiger partial charge < -0.3 is 9.26 Å². The number of amides is 2. The summed E-state index contributed by atoms with van der Waals surface area (Å²) < 4.78 is 11.3. The smallest absolute Gasteiger partial charge is 0.263 e. The third kappa shape index (κ3) is 3.36. The maximum atomic E-state index is 13.1.